The maximum Gasteiger partial charge on any atom is 0.356 e. The average Bonchev–Trinajstić information content (AvgIpc) is 2.79. The van der Waals surface area contributed by atoms with E-state index in [2.05, 4.69) is 9.82 Å². The van der Waals surface area contributed by atoms with Crippen LogP contribution in [0.3, 0.4) is 0 Å². The van der Waals surface area contributed by atoms with Gasteiger partial charge in [-0.15, -0.1) is 0 Å². The maximum atomic E-state index is 12.4. The number of nitrogens with zero attached hydrogens (tertiary/aromatic N) is 2. The lowest BCUT2D eigenvalue weighted by molar-refractivity contribution is 0.0686. The van der Waals surface area contributed by atoms with E-state index in [9.17, 15) is 13.2 Å². The fourth-order valence-electron chi connectivity index (χ4n) is 2.01. The number of nitrogens with one attached hydrogen (secondary N) is 1. The van der Waals surface area contributed by atoms with Crippen molar-refractivity contribution in [2.75, 3.05) is 4.72 Å². The zero-order valence-corrected chi connectivity index (χ0v) is 13.3. The van der Waals surface area contributed by atoms with E-state index in [1.165, 1.54) is 19.3 Å². The third kappa shape index (κ3) is 3.11. The highest BCUT2D eigenvalue weighted by Gasteiger charge is 2.22. The fraction of sp³-hybridized carbons (Fsp3) is 0.286. The van der Waals surface area contributed by atoms with Crippen molar-refractivity contribution >= 4 is 21.7 Å². The van der Waals surface area contributed by atoms with Crippen molar-refractivity contribution in [2.45, 2.75) is 24.7 Å². The van der Waals surface area contributed by atoms with Crippen LogP contribution in [0.4, 0.5) is 5.69 Å². The summed E-state index contributed by atoms with van der Waals surface area (Å²) in [5.41, 5.74) is 0.598. The molecule has 2 aromatic rings. The van der Waals surface area contributed by atoms with Gasteiger partial charge < -0.3 is 5.11 Å². The summed E-state index contributed by atoms with van der Waals surface area (Å²) in [5, 5.41) is 12.9. The molecule has 22 heavy (non-hydrogen) atoms. The zero-order chi connectivity index (χ0) is 16.5. The summed E-state index contributed by atoms with van der Waals surface area (Å²) in [6, 6.07) is 6.54. The SMILES string of the molecule is CC(C)c1cccc(S(=O)(=O)Nc2cnn(C)c2C(=O)O)c1. The van der Waals surface area contributed by atoms with Gasteiger partial charge in [0.05, 0.1) is 11.1 Å². The summed E-state index contributed by atoms with van der Waals surface area (Å²) in [5.74, 6) is -1.07. The lowest BCUT2D eigenvalue weighted by atomic mass is 10.0. The molecule has 0 radical (unpaired) electrons. The minimum absolute atomic E-state index is 0.0649. The molecular weight excluding hydrogens is 306 g/mol. The largest absolute Gasteiger partial charge is 0.476 e. The van der Waals surface area contributed by atoms with Gasteiger partial charge in [-0.25, -0.2) is 13.2 Å². The van der Waals surface area contributed by atoms with Crippen molar-refractivity contribution in [3.8, 4) is 0 Å². The molecule has 0 fully saturated rings. The highest BCUT2D eigenvalue weighted by Crippen LogP contribution is 2.22. The highest BCUT2D eigenvalue weighted by molar-refractivity contribution is 7.92. The Morgan fingerprint density at radius 2 is 2.05 bits per heavy atom. The number of aromatic nitrogens is 2. The number of carboxylic acids is 1. The Kier molecular flexibility index (Phi) is 4.23. The molecule has 1 aromatic carbocycles. The van der Waals surface area contributed by atoms with E-state index in [1.54, 1.807) is 12.1 Å². The Labute approximate surface area is 128 Å². The second-order valence-electron chi connectivity index (χ2n) is 5.17. The van der Waals surface area contributed by atoms with Crippen molar-refractivity contribution in [1.29, 1.82) is 0 Å². The van der Waals surface area contributed by atoms with Crippen molar-refractivity contribution in [1.82, 2.24) is 9.78 Å². The molecule has 0 bridgehead atoms. The smallest absolute Gasteiger partial charge is 0.356 e. The van der Waals surface area contributed by atoms with Crippen LogP contribution in [0.25, 0.3) is 0 Å². The van der Waals surface area contributed by atoms with Gasteiger partial charge in [-0.3, -0.25) is 9.40 Å². The Balaban J connectivity index is 2.41. The lowest BCUT2D eigenvalue weighted by Gasteiger charge is -2.10. The number of anilines is 1. The Morgan fingerprint density at radius 3 is 2.64 bits per heavy atom. The minimum Gasteiger partial charge on any atom is -0.476 e. The molecule has 0 unspecified atom stereocenters. The predicted octanol–water partition coefficient (Wildman–Crippen LogP) is 2.04. The van der Waals surface area contributed by atoms with Crippen molar-refractivity contribution in [3.05, 3.63) is 41.7 Å². The average molecular weight is 323 g/mol. The summed E-state index contributed by atoms with van der Waals surface area (Å²) < 4.78 is 28.2. The van der Waals surface area contributed by atoms with Crippen LogP contribution in [0.1, 0.15) is 35.8 Å². The van der Waals surface area contributed by atoms with Crippen molar-refractivity contribution < 1.29 is 18.3 Å². The maximum absolute atomic E-state index is 12.4. The molecule has 2 rings (SSSR count). The van der Waals surface area contributed by atoms with Crippen LogP contribution in [0.2, 0.25) is 0 Å². The molecule has 0 spiro atoms. The normalized spacial score (nSPS) is 11.6. The highest BCUT2D eigenvalue weighted by atomic mass is 32.2. The van der Waals surface area contributed by atoms with E-state index in [0.717, 1.165) is 10.2 Å². The molecule has 0 atom stereocenters. The van der Waals surface area contributed by atoms with Gasteiger partial charge in [0.1, 0.15) is 5.69 Å². The summed E-state index contributed by atoms with van der Waals surface area (Å²) in [4.78, 5) is 11.3. The molecule has 8 heteroatoms. The molecule has 1 heterocycles. The van der Waals surface area contributed by atoms with E-state index in [0.29, 0.717) is 0 Å². The Hall–Kier alpha value is -2.35. The van der Waals surface area contributed by atoms with Gasteiger partial charge in [0, 0.05) is 7.05 Å². The van der Waals surface area contributed by atoms with Crippen LogP contribution in [-0.2, 0) is 17.1 Å². The topological polar surface area (TPSA) is 101 Å². The van der Waals surface area contributed by atoms with Crippen LogP contribution in [-0.4, -0.2) is 29.3 Å². The molecule has 118 valence electrons. The number of rotatable bonds is 5. The third-order valence-electron chi connectivity index (χ3n) is 3.22. The van der Waals surface area contributed by atoms with E-state index >= 15 is 0 Å². The predicted molar refractivity (Wildman–Crippen MR) is 81.5 cm³/mol. The van der Waals surface area contributed by atoms with Crippen LogP contribution in [0.5, 0.6) is 0 Å². The zero-order valence-electron chi connectivity index (χ0n) is 12.4. The molecule has 7 nitrogen and oxygen atoms in total. The van der Waals surface area contributed by atoms with Gasteiger partial charge in [-0.2, -0.15) is 5.10 Å². The lowest BCUT2D eigenvalue weighted by Crippen LogP contribution is -2.16. The Bertz CT molecular complexity index is 809. The number of aromatic carboxylic acids is 1. The number of hydrogen-bond acceptors (Lipinski definition) is 4. The molecule has 0 aliphatic heterocycles. The number of aryl methyl sites for hydroxylation is 1. The molecule has 0 aliphatic rings. The summed E-state index contributed by atoms with van der Waals surface area (Å²) in [7, 11) is -2.45. The molecule has 0 saturated carbocycles. The number of carboxylic acid groups (broad SMARTS) is 1. The van der Waals surface area contributed by atoms with Gasteiger partial charge in [-0.05, 0) is 23.6 Å². The molecule has 0 aliphatic carbocycles. The number of carbonyl (C=O) groups is 1. The minimum atomic E-state index is -3.88. The summed E-state index contributed by atoms with van der Waals surface area (Å²) >= 11 is 0. The van der Waals surface area contributed by atoms with Crippen LogP contribution >= 0.6 is 0 Å². The van der Waals surface area contributed by atoms with Crippen LogP contribution in [0, 0.1) is 0 Å². The second-order valence-corrected chi connectivity index (χ2v) is 6.85. The quantitative estimate of drug-likeness (QED) is 0.877. The Morgan fingerprint density at radius 1 is 1.36 bits per heavy atom. The van der Waals surface area contributed by atoms with E-state index in [1.807, 2.05) is 19.9 Å². The molecular formula is C14H17N3O4S. The van der Waals surface area contributed by atoms with E-state index in [4.69, 9.17) is 5.11 Å². The summed E-state index contributed by atoms with van der Waals surface area (Å²) in [6.07, 6.45) is 1.17. The monoisotopic (exact) mass is 323 g/mol. The third-order valence-corrected chi connectivity index (χ3v) is 4.58. The van der Waals surface area contributed by atoms with Gasteiger partial charge in [-0.1, -0.05) is 26.0 Å². The molecule has 0 saturated heterocycles. The molecule has 1 aromatic heterocycles. The molecule has 0 amide bonds. The first-order chi connectivity index (χ1) is 10.2. The first-order valence-corrected chi connectivity index (χ1v) is 8.08. The second kappa shape index (κ2) is 5.80. The fourth-order valence-corrected chi connectivity index (χ4v) is 3.12. The van der Waals surface area contributed by atoms with Crippen LogP contribution in [0.15, 0.2) is 35.4 Å². The molecule has 2 N–H and O–H groups in total. The van der Waals surface area contributed by atoms with Crippen LogP contribution < -0.4 is 4.72 Å². The van der Waals surface area contributed by atoms with Gasteiger partial charge >= 0.3 is 5.97 Å². The summed E-state index contributed by atoms with van der Waals surface area (Å²) in [6.45, 7) is 3.92. The van der Waals surface area contributed by atoms with Crippen molar-refractivity contribution in [2.24, 2.45) is 7.05 Å². The first kappa shape index (κ1) is 16.0. The van der Waals surface area contributed by atoms with Gasteiger partial charge in [0.25, 0.3) is 10.0 Å². The number of hydrogen-bond donors (Lipinski definition) is 2. The number of sulfonamides is 1. The van der Waals surface area contributed by atoms with E-state index in [-0.39, 0.29) is 22.2 Å². The van der Waals surface area contributed by atoms with Crippen molar-refractivity contribution in [3.63, 3.8) is 0 Å². The van der Waals surface area contributed by atoms with Gasteiger partial charge in [0.15, 0.2) is 5.69 Å². The van der Waals surface area contributed by atoms with E-state index < -0.39 is 16.0 Å². The van der Waals surface area contributed by atoms with Gasteiger partial charge in [0.2, 0.25) is 0 Å². The number of benzene rings is 1. The standard InChI is InChI=1S/C14H17N3O4S/c1-9(2)10-5-4-6-11(7-10)22(20,21)16-12-8-15-17(3)13(12)14(18)19/h4-9,16H,1-3H3,(H,18,19). The first-order valence-electron chi connectivity index (χ1n) is 6.60.